The van der Waals surface area contributed by atoms with E-state index in [9.17, 15) is 31.9 Å². The highest BCUT2D eigenvalue weighted by Gasteiger charge is 2.30. The second kappa shape index (κ2) is 6.96. The van der Waals surface area contributed by atoms with Gasteiger partial charge in [-0.1, -0.05) is 18.2 Å². The van der Waals surface area contributed by atoms with Crippen LogP contribution in [0.5, 0.6) is 0 Å². The number of hydrogen-bond acceptors (Lipinski definition) is 2. The fraction of sp³-hybridized carbons (Fsp3) is 0.188. The van der Waals surface area contributed by atoms with Gasteiger partial charge in [0.25, 0.3) is 5.91 Å². The predicted molar refractivity (Wildman–Crippen MR) is 75.1 cm³/mol. The van der Waals surface area contributed by atoms with Gasteiger partial charge < -0.3 is 10.4 Å². The molecule has 0 saturated heterocycles. The topological polar surface area (TPSA) is 49.3 Å². The van der Waals surface area contributed by atoms with Crippen molar-refractivity contribution in [3.8, 4) is 0 Å². The molecular formula is C16H12F5NO2. The summed E-state index contributed by atoms with van der Waals surface area (Å²) in [6.45, 7) is -0.419. The normalized spacial score (nSPS) is 12.8. The molecule has 0 spiro atoms. The van der Waals surface area contributed by atoms with Crippen LogP contribution in [0, 0.1) is 11.6 Å². The van der Waals surface area contributed by atoms with Crippen LogP contribution < -0.4 is 5.32 Å². The molecule has 0 heterocycles. The van der Waals surface area contributed by atoms with Crippen LogP contribution in [0.25, 0.3) is 0 Å². The standard InChI is InChI=1S/C16H12F5NO2/c17-11-2-1-3-12(18)14(11)15(24)22-8-13(23)9-4-6-10(7-5-9)16(19,20)21/h1-7,13,23H,8H2,(H,22,24). The summed E-state index contributed by atoms with van der Waals surface area (Å²) in [5.41, 5.74) is -1.55. The largest absolute Gasteiger partial charge is 0.416 e. The molecule has 1 amide bonds. The van der Waals surface area contributed by atoms with E-state index in [-0.39, 0.29) is 5.56 Å². The van der Waals surface area contributed by atoms with E-state index in [1.54, 1.807) is 0 Å². The van der Waals surface area contributed by atoms with Gasteiger partial charge in [-0.25, -0.2) is 8.78 Å². The van der Waals surface area contributed by atoms with Crippen LogP contribution in [-0.2, 0) is 6.18 Å². The molecule has 2 N–H and O–H groups in total. The number of nitrogens with one attached hydrogen (secondary N) is 1. The molecule has 1 atom stereocenters. The summed E-state index contributed by atoms with van der Waals surface area (Å²) < 4.78 is 64.2. The Hall–Kier alpha value is -2.48. The zero-order valence-corrected chi connectivity index (χ0v) is 12.1. The summed E-state index contributed by atoms with van der Waals surface area (Å²) in [5, 5.41) is 12.0. The van der Waals surface area contributed by atoms with Crippen LogP contribution >= 0.6 is 0 Å². The zero-order valence-electron chi connectivity index (χ0n) is 12.1. The summed E-state index contributed by atoms with van der Waals surface area (Å²) in [4.78, 5) is 11.8. The lowest BCUT2D eigenvalue weighted by Gasteiger charge is -2.14. The third-order valence-electron chi connectivity index (χ3n) is 3.27. The Morgan fingerprint density at radius 1 is 1.04 bits per heavy atom. The van der Waals surface area contributed by atoms with Gasteiger partial charge in [-0.15, -0.1) is 0 Å². The number of carbonyl (C=O) groups is 1. The molecule has 2 aromatic rings. The van der Waals surface area contributed by atoms with Crippen LogP contribution in [0.1, 0.15) is 27.6 Å². The summed E-state index contributed by atoms with van der Waals surface area (Å²) in [5.74, 6) is -3.19. The minimum absolute atomic E-state index is 0.123. The Kier molecular flexibility index (Phi) is 5.18. The molecule has 128 valence electrons. The number of halogens is 5. The molecule has 3 nitrogen and oxygen atoms in total. The highest BCUT2D eigenvalue weighted by molar-refractivity contribution is 5.94. The average Bonchev–Trinajstić information content (AvgIpc) is 2.51. The number of aliphatic hydroxyl groups is 1. The van der Waals surface area contributed by atoms with Gasteiger partial charge in [-0.2, -0.15) is 13.2 Å². The van der Waals surface area contributed by atoms with Crippen molar-refractivity contribution in [1.29, 1.82) is 0 Å². The highest BCUT2D eigenvalue weighted by Crippen LogP contribution is 2.29. The lowest BCUT2D eigenvalue weighted by molar-refractivity contribution is -0.137. The molecule has 24 heavy (non-hydrogen) atoms. The maximum Gasteiger partial charge on any atom is 0.416 e. The number of amides is 1. The second-order valence-electron chi connectivity index (χ2n) is 4.94. The smallest absolute Gasteiger partial charge is 0.387 e. The number of benzene rings is 2. The Labute approximate surface area is 133 Å². The number of carbonyl (C=O) groups excluding carboxylic acids is 1. The Balaban J connectivity index is 2.03. The molecule has 0 saturated carbocycles. The van der Waals surface area contributed by atoms with E-state index >= 15 is 0 Å². The lowest BCUT2D eigenvalue weighted by Crippen LogP contribution is -2.29. The van der Waals surface area contributed by atoms with Crippen molar-refractivity contribution in [3.05, 3.63) is 70.8 Å². The molecule has 0 bridgehead atoms. The van der Waals surface area contributed by atoms with Gasteiger partial charge in [-0.05, 0) is 29.8 Å². The van der Waals surface area contributed by atoms with Crippen molar-refractivity contribution in [2.24, 2.45) is 0 Å². The number of alkyl halides is 3. The van der Waals surface area contributed by atoms with Gasteiger partial charge in [0, 0.05) is 6.54 Å². The Morgan fingerprint density at radius 3 is 2.08 bits per heavy atom. The second-order valence-corrected chi connectivity index (χ2v) is 4.94. The highest BCUT2D eigenvalue weighted by atomic mass is 19.4. The molecule has 0 aliphatic heterocycles. The van der Waals surface area contributed by atoms with Gasteiger partial charge in [0.2, 0.25) is 0 Å². The van der Waals surface area contributed by atoms with Crippen molar-refractivity contribution in [1.82, 2.24) is 5.32 Å². The Morgan fingerprint density at radius 2 is 1.58 bits per heavy atom. The molecule has 0 aromatic heterocycles. The fourth-order valence-corrected chi connectivity index (χ4v) is 2.00. The molecule has 0 aliphatic rings. The van der Waals surface area contributed by atoms with Crippen molar-refractivity contribution >= 4 is 5.91 Å². The first kappa shape index (κ1) is 17.9. The van der Waals surface area contributed by atoms with E-state index in [0.29, 0.717) is 0 Å². The van der Waals surface area contributed by atoms with Crippen LogP contribution in [0.3, 0.4) is 0 Å². The first-order valence-electron chi connectivity index (χ1n) is 6.77. The summed E-state index contributed by atoms with van der Waals surface area (Å²) in [7, 11) is 0. The predicted octanol–water partition coefficient (Wildman–Crippen LogP) is 3.45. The van der Waals surface area contributed by atoms with E-state index in [2.05, 4.69) is 5.32 Å². The maximum absolute atomic E-state index is 13.4. The summed E-state index contributed by atoms with van der Waals surface area (Å²) in [6, 6.07) is 6.60. The first-order valence-corrected chi connectivity index (χ1v) is 6.77. The van der Waals surface area contributed by atoms with Gasteiger partial charge in [0.1, 0.15) is 17.2 Å². The molecule has 8 heteroatoms. The minimum Gasteiger partial charge on any atom is -0.387 e. The quantitative estimate of drug-likeness (QED) is 0.834. The molecule has 0 fully saturated rings. The van der Waals surface area contributed by atoms with Gasteiger partial charge in [0.05, 0.1) is 11.7 Å². The monoisotopic (exact) mass is 345 g/mol. The first-order chi connectivity index (χ1) is 11.2. The lowest BCUT2D eigenvalue weighted by atomic mass is 10.1. The molecule has 1 unspecified atom stereocenters. The Bertz CT molecular complexity index is 708. The van der Waals surface area contributed by atoms with E-state index in [0.717, 1.165) is 42.5 Å². The van der Waals surface area contributed by atoms with Crippen molar-refractivity contribution < 1.29 is 31.9 Å². The number of hydrogen-bond donors (Lipinski definition) is 2. The van der Waals surface area contributed by atoms with Crippen molar-refractivity contribution in [3.63, 3.8) is 0 Å². The fourth-order valence-electron chi connectivity index (χ4n) is 2.00. The van der Waals surface area contributed by atoms with Crippen molar-refractivity contribution in [2.75, 3.05) is 6.54 Å². The van der Waals surface area contributed by atoms with E-state index < -0.39 is 47.5 Å². The maximum atomic E-state index is 13.4. The molecule has 0 aliphatic carbocycles. The number of rotatable bonds is 4. The van der Waals surface area contributed by atoms with Crippen LogP contribution in [0.2, 0.25) is 0 Å². The van der Waals surface area contributed by atoms with E-state index in [4.69, 9.17) is 0 Å². The number of aliphatic hydroxyl groups excluding tert-OH is 1. The summed E-state index contributed by atoms with van der Waals surface area (Å²) in [6.07, 6.45) is -5.83. The van der Waals surface area contributed by atoms with Crippen LogP contribution in [-0.4, -0.2) is 17.6 Å². The van der Waals surface area contributed by atoms with Gasteiger partial charge in [-0.3, -0.25) is 4.79 Å². The van der Waals surface area contributed by atoms with Crippen molar-refractivity contribution in [2.45, 2.75) is 12.3 Å². The van der Waals surface area contributed by atoms with Gasteiger partial charge in [0.15, 0.2) is 0 Å². The molecular weight excluding hydrogens is 333 g/mol. The zero-order chi connectivity index (χ0) is 17.9. The van der Waals surface area contributed by atoms with E-state index in [1.165, 1.54) is 0 Å². The molecule has 2 rings (SSSR count). The third kappa shape index (κ3) is 4.08. The van der Waals surface area contributed by atoms with Crippen LogP contribution in [0.4, 0.5) is 22.0 Å². The molecule has 0 radical (unpaired) electrons. The SMILES string of the molecule is O=C(NCC(O)c1ccc(C(F)(F)F)cc1)c1c(F)cccc1F. The van der Waals surface area contributed by atoms with Gasteiger partial charge >= 0.3 is 6.18 Å². The summed E-state index contributed by atoms with van der Waals surface area (Å²) >= 11 is 0. The molecule has 2 aromatic carbocycles. The average molecular weight is 345 g/mol. The third-order valence-corrected chi connectivity index (χ3v) is 3.27. The van der Waals surface area contributed by atoms with Crippen LogP contribution in [0.15, 0.2) is 42.5 Å². The van der Waals surface area contributed by atoms with E-state index in [1.807, 2.05) is 0 Å². The minimum atomic E-state index is -4.50.